The monoisotopic (exact) mass is 518 g/mol. The van der Waals surface area contributed by atoms with E-state index >= 15 is 0 Å². The number of imidazole rings is 1. The number of nitrogens with zero attached hydrogens (tertiary/aromatic N) is 5. The highest BCUT2D eigenvalue weighted by Gasteiger charge is 2.17. The Morgan fingerprint density at radius 3 is 2.33 bits per heavy atom. The van der Waals surface area contributed by atoms with Gasteiger partial charge >= 0.3 is 0 Å². The first-order valence-electron chi connectivity index (χ1n) is 13.8. The predicted molar refractivity (Wildman–Crippen MR) is 154 cm³/mol. The van der Waals surface area contributed by atoms with Crippen molar-refractivity contribution in [2.24, 2.45) is 0 Å². The molecule has 0 amide bonds. The van der Waals surface area contributed by atoms with E-state index in [0.717, 1.165) is 71.3 Å². The lowest BCUT2D eigenvalue weighted by atomic mass is 9.93. The normalized spacial score (nSPS) is 11.1. The maximum Gasteiger partial charge on any atom is 0.205 e. The molecule has 0 spiro atoms. The lowest BCUT2D eigenvalue weighted by molar-refractivity contribution is 0.0971. The number of Topliss-reactive ketones (excluding diaryl/α,β-unsaturated/α-hetero) is 1. The fourth-order valence-corrected chi connectivity index (χ4v) is 4.85. The Kier molecular flexibility index (Phi) is 8.36. The zero-order chi connectivity index (χ0) is 27.0. The Morgan fingerprint density at radius 1 is 0.846 bits per heavy atom. The molecule has 3 aromatic carbocycles. The third kappa shape index (κ3) is 6.03. The van der Waals surface area contributed by atoms with E-state index in [1.165, 1.54) is 0 Å². The SMILES string of the molecule is CCCCC(=O)c1cnc(CCCC)n1Cc1ccc(-c2cc(-c3ccccc3)ccc2-c2nn[nH]n2)cc1. The van der Waals surface area contributed by atoms with Crippen molar-refractivity contribution in [3.63, 3.8) is 0 Å². The summed E-state index contributed by atoms with van der Waals surface area (Å²) in [5.41, 5.74) is 7.12. The smallest absolute Gasteiger partial charge is 0.205 e. The van der Waals surface area contributed by atoms with Crippen molar-refractivity contribution in [1.29, 1.82) is 0 Å². The maximum atomic E-state index is 13.0. The van der Waals surface area contributed by atoms with Crippen molar-refractivity contribution < 1.29 is 4.79 Å². The summed E-state index contributed by atoms with van der Waals surface area (Å²) >= 11 is 0. The molecule has 39 heavy (non-hydrogen) atoms. The van der Waals surface area contributed by atoms with Crippen LogP contribution < -0.4 is 0 Å². The van der Waals surface area contributed by atoms with E-state index in [4.69, 9.17) is 0 Å². The molecule has 5 aromatic rings. The van der Waals surface area contributed by atoms with Gasteiger partial charge in [0.2, 0.25) is 5.82 Å². The van der Waals surface area contributed by atoms with Crippen LogP contribution >= 0.6 is 0 Å². The highest BCUT2D eigenvalue weighted by molar-refractivity contribution is 5.94. The summed E-state index contributed by atoms with van der Waals surface area (Å²) in [5.74, 6) is 1.71. The zero-order valence-corrected chi connectivity index (χ0v) is 22.6. The molecule has 0 aliphatic heterocycles. The van der Waals surface area contributed by atoms with Gasteiger partial charge in [0, 0.05) is 24.9 Å². The molecular formula is C32H34N6O. The number of tetrazole rings is 1. The van der Waals surface area contributed by atoms with Crippen LogP contribution in [0.3, 0.4) is 0 Å². The second-order valence-electron chi connectivity index (χ2n) is 9.83. The quantitative estimate of drug-likeness (QED) is 0.177. The van der Waals surface area contributed by atoms with Crippen LogP contribution in [-0.4, -0.2) is 36.0 Å². The van der Waals surface area contributed by atoms with Gasteiger partial charge in [0.25, 0.3) is 0 Å². The number of aromatic nitrogens is 6. The number of nitrogens with one attached hydrogen (secondary N) is 1. The van der Waals surface area contributed by atoms with Crippen molar-refractivity contribution in [2.75, 3.05) is 0 Å². The van der Waals surface area contributed by atoms with Gasteiger partial charge in [-0.05, 0) is 58.0 Å². The highest BCUT2D eigenvalue weighted by atomic mass is 16.1. The van der Waals surface area contributed by atoms with Crippen LogP contribution in [0.1, 0.15) is 67.8 Å². The average Bonchev–Trinajstić information content (AvgIpc) is 3.66. The number of ketones is 1. The number of hydrogen-bond donors (Lipinski definition) is 1. The number of aryl methyl sites for hydroxylation is 1. The molecule has 0 radical (unpaired) electrons. The number of carbonyl (C=O) groups excluding carboxylic acids is 1. The largest absolute Gasteiger partial charge is 0.321 e. The molecule has 7 nitrogen and oxygen atoms in total. The average molecular weight is 519 g/mol. The first kappa shape index (κ1) is 26.2. The predicted octanol–water partition coefficient (Wildman–Crippen LogP) is 7.16. The van der Waals surface area contributed by atoms with Gasteiger partial charge in [0.05, 0.1) is 6.20 Å². The molecule has 2 aromatic heterocycles. The van der Waals surface area contributed by atoms with Crippen LogP contribution in [-0.2, 0) is 13.0 Å². The van der Waals surface area contributed by atoms with E-state index in [0.29, 0.717) is 24.5 Å². The van der Waals surface area contributed by atoms with Gasteiger partial charge in [-0.15, -0.1) is 10.2 Å². The summed E-state index contributed by atoms with van der Waals surface area (Å²) in [6, 6.07) is 25.2. The topological polar surface area (TPSA) is 89.4 Å². The molecule has 0 bridgehead atoms. The van der Waals surface area contributed by atoms with Gasteiger partial charge < -0.3 is 4.57 Å². The zero-order valence-electron chi connectivity index (χ0n) is 22.6. The van der Waals surface area contributed by atoms with Gasteiger partial charge in [-0.3, -0.25) is 4.79 Å². The van der Waals surface area contributed by atoms with Gasteiger partial charge in [-0.2, -0.15) is 5.21 Å². The first-order chi connectivity index (χ1) is 19.2. The molecule has 198 valence electrons. The Bertz CT molecular complexity index is 1500. The molecule has 0 saturated heterocycles. The molecule has 7 heteroatoms. The van der Waals surface area contributed by atoms with Gasteiger partial charge in [-0.1, -0.05) is 87.4 Å². The van der Waals surface area contributed by atoms with Crippen LogP contribution in [0.5, 0.6) is 0 Å². The van der Waals surface area contributed by atoms with E-state index in [1.54, 1.807) is 6.20 Å². The number of benzene rings is 3. The molecule has 0 fully saturated rings. The molecule has 5 rings (SSSR count). The Morgan fingerprint density at radius 2 is 1.62 bits per heavy atom. The van der Waals surface area contributed by atoms with Crippen molar-refractivity contribution >= 4 is 5.78 Å². The molecule has 0 unspecified atom stereocenters. The molecular weight excluding hydrogens is 484 g/mol. The molecule has 1 N–H and O–H groups in total. The minimum Gasteiger partial charge on any atom is -0.321 e. The number of aromatic amines is 1. The number of H-pyrrole nitrogens is 1. The Hall–Kier alpha value is -4.39. The second-order valence-corrected chi connectivity index (χ2v) is 9.83. The second kappa shape index (κ2) is 12.4. The van der Waals surface area contributed by atoms with Gasteiger partial charge in [-0.25, -0.2) is 4.98 Å². The molecule has 0 atom stereocenters. The lowest BCUT2D eigenvalue weighted by Crippen LogP contribution is -2.13. The highest BCUT2D eigenvalue weighted by Crippen LogP contribution is 2.34. The Labute approximate surface area is 229 Å². The summed E-state index contributed by atoms with van der Waals surface area (Å²) in [7, 11) is 0. The summed E-state index contributed by atoms with van der Waals surface area (Å²) in [4.78, 5) is 17.6. The summed E-state index contributed by atoms with van der Waals surface area (Å²) in [5, 5.41) is 14.8. The number of unbranched alkanes of at least 4 members (excludes halogenated alkanes) is 2. The van der Waals surface area contributed by atoms with E-state index in [9.17, 15) is 4.79 Å². The number of carbonyl (C=O) groups is 1. The lowest BCUT2D eigenvalue weighted by Gasteiger charge is -2.14. The minimum absolute atomic E-state index is 0.172. The molecule has 0 saturated carbocycles. The third-order valence-corrected chi connectivity index (χ3v) is 7.05. The van der Waals surface area contributed by atoms with Crippen LogP contribution in [0.15, 0.2) is 79.0 Å². The first-order valence-corrected chi connectivity index (χ1v) is 13.8. The van der Waals surface area contributed by atoms with E-state index < -0.39 is 0 Å². The van der Waals surface area contributed by atoms with Gasteiger partial charge in [0.1, 0.15) is 11.5 Å². The molecule has 2 heterocycles. The van der Waals surface area contributed by atoms with Crippen LogP contribution in [0, 0.1) is 0 Å². The van der Waals surface area contributed by atoms with E-state index in [2.05, 4.69) is 98.6 Å². The van der Waals surface area contributed by atoms with Crippen molar-refractivity contribution in [3.8, 4) is 33.6 Å². The van der Waals surface area contributed by atoms with Crippen LogP contribution in [0.2, 0.25) is 0 Å². The fourth-order valence-electron chi connectivity index (χ4n) is 4.85. The van der Waals surface area contributed by atoms with Gasteiger partial charge in [0.15, 0.2) is 5.78 Å². The standard InChI is InChI=1S/C32H34N6O/c1-3-5-12-30(39)29-21-33-31(13-6-4-2)38(29)22-23-14-16-25(17-15-23)28-20-26(24-10-8-7-9-11-24)18-19-27(28)32-34-36-37-35-32/h7-11,14-21H,3-6,12-13,22H2,1-2H3,(H,34,35,36,37). The van der Waals surface area contributed by atoms with E-state index in [-0.39, 0.29) is 5.78 Å². The Balaban J connectivity index is 1.47. The van der Waals surface area contributed by atoms with Crippen molar-refractivity contribution in [3.05, 3.63) is 96.1 Å². The number of rotatable bonds is 12. The van der Waals surface area contributed by atoms with Crippen LogP contribution in [0.25, 0.3) is 33.6 Å². The summed E-state index contributed by atoms with van der Waals surface area (Å²) in [6.07, 6.45) is 7.24. The molecule has 0 aliphatic carbocycles. The van der Waals surface area contributed by atoms with Crippen molar-refractivity contribution in [2.45, 2.75) is 58.9 Å². The number of hydrogen-bond acceptors (Lipinski definition) is 5. The fraction of sp³-hybridized carbons (Fsp3) is 0.281. The summed E-state index contributed by atoms with van der Waals surface area (Å²) < 4.78 is 2.11. The molecule has 0 aliphatic rings. The van der Waals surface area contributed by atoms with Crippen LogP contribution in [0.4, 0.5) is 0 Å². The van der Waals surface area contributed by atoms with Crippen molar-refractivity contribution in [1.82, 2.24) is 30.2 Å². The minimum atomic E-state index is 0.172. The van der Waals surface area contributed by atoms with E-state index in [1.807, 2.05) is 18.2 Å². The summed E-state index contributed by atoms with van der Waals surface area (Å²) in [6.45, 7) is 4.90. The third-order valence-electron chi connectivity index (χ3n) is 7.05. The maximum absolute atomic E-state index is 13.0.